The molecular formula is C25H18F8N4O3S. The van der Waals surface area contributed by atoms with Gasteiger partial charge in [-0.25, -0.2) is 27.2 Å². The monoisotopic (exact) mass is 606 g/mol. The number of sulfonamides is 1. The second-order valence-electron chi connectivity index (χ2n) is 8.99. The van der Waals surface area contributed by atoms with E-state index in [0.29, 0.717) is 16.4 Å². The molecule has 1 saturated heterocycles. The van der Waals surface area contributed by atoms with E-state index < -0.39 is 69.7 Å². The normalized spacial score (nSPS) is 16.6. The van der Waals surface area contributed by atoms with Crippen LogP contribution in [0.3, 0.4) is 0 Å². The minimum Gasteiger partial charge on any atom is -0.366 e. The van der Waals surface area contributed by atoms with Crippen LogP contribution in [0.2, 0.25) is 0 Å². The van der Waals surface area contributed by atoms with Gasteiger partial charge in [-0.3, -0.25) is 4.79 Å². The number of nitrogens with zero attached hydrogens (tertiary/aromatic N) is 3. The Labute approximate surface area is 227 Å². The van der Waals surface area contributed by atoms with Crippen LogP contribution < -0.4 is 5.73 Å². The quantitative estimate of drug-likeness (QED) is 0.305. The van der Waals surface area contributed by atoms with Crippen molar-refractivity contribution in [2.24, 2.45) is 5.73 Å². The molecule has 0 atom stereocenters. The van der Waals surface area contributed by atoms with Gasteiger partial charge in [-0.1, -0.05) is 12.1 Å². The van der Waals surface area contributed by atoms with Crippen molar-refractivity contribution >= 4 is 27.6 Å². The molecule has 218 valence electrons. The number of carbonyl (C=O) groups excluding carboxylic acids is 1. The van der Waals surface area contributed by atoms with E-state index in [2.05, 4.69) is 9.97 Å². The summed E-state index contributed by atoms with van der Waals surface area (Å²) in [6.45, 7) is -1.36. The summed E-state index contributed by atoms with van der Waals surface area (Å²) in [5, 5.41) is 0. The number of nitrogens with two attached hydrogens (primary N) is 1. The van der Waals surface area contributed by atoms with E-state index in [9.17, 15) is 48.3 Å². The molecule has 16 heteroatoms. The van der Waals surface area contributed by atoms with Crippen LogP contribution in [0, 0.1) is 0 Å². The molecule has 0 unspecified atom stereocenters. The summed E-state index contributed by atoms with van der Waals surface area (Å²) < 4.78 is 133. The zero-order valence-corrected chi connectivity index (χ0v) is 21.3. The number of halogens is 8. The highest BCUT2D eigenvalue weighted by Crippen LogP contribution is 2.38. The number of aromatic nitrogens is 2. The van der Waals surface area contributed by atoms with Gasteiger partial charge in [0.25, 0.3) is 5.92 Å². The molecule has 0 radical (unpaired) electrons. The Balaban J connectivity index is 1.70. The van der Waals surface area contributed by atoms with Gasteiger partial charge in [0.05, 0.1) is 28.3 Å². The van der Waals surface area contributed by atoms with Crippen LogP contribution in [0.4, 0.5) is 35.1 Å². The second-order valence-corrected chi connectivity index (χ2v) is 10.9. The molecule has 0 saturated carbocycles. The van der Waals surface area contributed by atoms with Crippen molar-refractivity contribution in [3.05, 3.63) is 77.1 Å². The van der Waals surface area contributed by atoms with Gasteiger partial charge in [0, 0.05) is 30.3 Å². The van der Waals surface area contributed by atoms with Crippen molar-refractivity contribution < 1.29 is 48.3 Å². The van der Waals surface area contributed by atoms with Crippen molar-refractivity contribution in [3.63, 3.8) is 0 Å². The van der Waals surface area contributed by atoms with Crippen molar-refractivity contribution in [1.29, 1.82) is 0 Å². The third kappa shape index (κ3) is 6.70. The fraction of sp³-hybridized carbons (Fsp3) is 0.240. The van der Waals surface area contributed by atoms with Crippen molar-refractivity contribution in [2.45, 2.75) is 29.6 Å². The zero-order valence-electron chi connectivity index (χ0n) is 20.5. The predicted octanol–water partition coefficient (Wildman–Crippen LogP) is 5.24. The first-order valence-electron chi connectivity index (χ1n) is 11.5. The van der Waals surface area contributed by atoms with Crippen molar-refractivity contribution in [2.75, 3.05) is 13.1 Å². The van der Waals surface area contributed by atoms with E-state index in [4.69, 9.17) is 5.73 Å². The van der Waals surface area contributed by atoms with Crippen LogP contribution in [0.1, 0.15) is 28.8 Å². The lowest BCUT2D eigenvalue weighted by molar-refractivity contribution is -0.143. The van der Waals surface area contributed by atoms with E-state index in [1.807, 2.05) is 0 Å². The van der Waals surface area contributed by atoms with Gasteiger partial charge in [0.15, 0.2) is 5.82 Å². The summed E-state index contributed by atoms with van der Waals surface area (Å²) in [5.41, 5.74) is 1.42. The largest absolute Gasteiger partial charge is 0.416 e. The molecule has 1 aliphatic heterocycles. The lowest BCUT2D eigenvalue weighted by atomic mass is 10.0. The van der Waals surface area contributed by atoms with Crippen LogP contribution in [0.5, 0.6) is 0 Å². The molecular weight excluding hydrogens is 588 g/mol. The number of amides is 1. The molecule has 1 amide bonds. The summed E-state index contributed by atoms with van der Waals surface area (Å²) in [4.78, 5) is 19.6. The molecule has 0 bridgehead atoms. The molecule has 4 rings (SSSR count). The van der Waals surface area contributed by atoms with E-state index >= 15 is 0 Å². The van der Waals surface area contributed by atoms with Gasteiger partial charge in [-0.05, 0) is 48.0 Å². The van der Waals surface area contributed by atoms with Crippen LogP contribution >= 0.6 is 0 Å². The second kappa shape index (κ2) is 10.5. The molecule has 0 aliphatic carbocycles. The summed E-state index contributed by atoms with van der Waals surface area (Å²) in [5.74, 6) is -4.70. The van der Waals surface area contributed by atoms with E-state index in [-0.39, 0.29) is 34.3 Å². The molecule has 41 heavy (non-hydrogen) atoms. The van der Waals surface area contributed by atoms with Crippen LogP contribution in [-0.2, 0) is 27.2 Å². The van der Waals surface area contributed by atoms with Crippen molar-refractivity contribution in [1.82, 2.24) is 14.3 Å². The number of carbonyl (C=O) groups is 1. The minimum atomic E-state index is -5.10. The highest BCUT2D eigenvalue weighted by molar-refractivity contribution is 7.89. The predicted molar refractivity (Wildman–Crippen MR) is 129 cm³/mol. The number of hydrogen-bond acceptors (Lipinski definition) is 5. The number of benzene rings is 2. The third-order valence-electron chi connectivity index (χ3n) is 6.02. The Morgan fingerprint density at radius 2 is 1.54 bits per heavy atom. The highest BCUT2D eigenvalue weighted by Gasteiger charge is 2.43. The molecule has 2 N–H and O–H groups in total. The SMILES string of the molecule is NC(=O)/C(=C/c1ccnc(-c2cc(C(F)(F)F)cc(C(F)(F)F)c2)n1)c1ccc(S(=O)(=O)N2CCC(F)(F)C2)cc1. The number of hydrogen-bond donors (Lipinski definition) is 1. The van der Waals surface area contributed by atoms with Crippen LogP contribution in [0.25, 0.3) is 23.0 Å². The van der Waals surface area contributed by atoms with Gasteiger partial charge in [-0.2, -0.15) is 30.6 Å². The summed E-state index contributed by atoms with van der Waals surface area (Å²) in [6.07, 6.45) is -8.69. The fourth-order valence-electron chi connectivity index (χ4n) is 3.99. The molecule has 1 aromatic heterocycles. The molecule has 3 aromatic rings. The maximum Gasteiger partial charge on any atom is 0.416 e. The van der Waals surface area contributed by atoms with Crippen LogP contribution in [-0.4, -0.2) is 47.6 Å². The average Bonchev–Trinajstić information content (AvgIpc) is 3.26. The zero-order chi connectivity index (χ0) is 30.4. The average molecular weight is 606 g/mol. The maximum absolute atomic E-state index is 13.5. The molecule has 2 heterocycles. The molecule has 0 spiro atoms. The van der Waals surface area contributed by atoms with Gasteiger partial charge >= 0.3 is 12.4 Å². The molecule has 1 aliphatic rings. The molecule has 2 aromatic carbocycles. The smallest absolute Gasteiger partial charge is 0.366 e. The van der Waals surface area contributed by atoms with E-state index in [1.165, 1.54) is 18.2 Å². The topological polar surface area (TPSA) is 106 Å². The molecule has 7 nitrogen and oxygen atoms in total. The first-order valence-corrected chi connectivity index (χ1v) is 12.9. The maximum atomic E-state index is 13.5. The first-order chi connectivity index (χ1) is 18.9. The van der Waals surface area contributed by atoms with Gasteiger partial charge in [0.2, 0.25) is 15.9 Å². The summed E-state index contributed by atoms with van der Waals surface area (Å²) >= 11 is 0. The number of primary amides is 1. The lowest BCUT2D eigenvalue weighted by Crippen LogP contribution is -2.31. The Bertz CT molecular complexity index is 1590. The third-order valence-corrected chi connectivity index (χ3v) is 7.88. The Kier molecular flexibility index (Phi) is 7.68. The van der Waals surface area contributed by atoms with Gasteiger partial charge in [0.1, 0.15) is 0 Å². The Hall–Kier alpha value is -3.92. The summed E-state index contributed by atoms with van der Waals surface area (Å²) in [7, 11) is -4.26. The fourth-order valence-corrected chi connectivity index (χ4v) is 5.45. The standard InChI is InChI=1S/C25H18F8N4O3S/c26-23(27)6-8-37(13-23)41(39,40)19-3-1-14(2-4-19)20(21(34)38)12-18-5-7-35-22(36-18)15-9-16(24(28,29)30)11-17(10-15)25(31,32)33/h1-5,7,9-12H,6,8,13H2,(H2,34,38)/b20-12+. The van der Waals surface area contributed by atoms with Gasteiger partial charge < -0.3 is 5.73 Å². The van der Waals surface area contributed by atoms with Gasteiger partial charge in [-0.15, -0.1) is 0 Å². The van der Waals surface area contributed by atoms with E-state index in [1.54, 1.807) is 0 Å². The van der Waals surface area contributed by atoms with E-state index in [0.717, 1.165) is 24.4 Å². The first kappa shape index (κ1) is 30.0. The Morgan fingerprint density at radius 1 is 0.951 bits per heavy atom. The van der Waals surface area contributed by atoms with Crippen LogP contribution in [0.15, 0.2) is 59.6 Å². The lowest BCUT2D eigenvalue weighted by Gasteiger charge is -2.16. The Morgan fingerprint density at radius 3 is 2.02 bits per heavy atom. The van der Waals surface area contributed by atoms with Crippen molar-refractivity contribution in [3.8, 4) is 11.4 Å². The number of rotatable bonds is 6. The number of alkyl halides is 8. The highest BCUT2D eigenvalue weighted by atomic mass is 32.2. The molecule has 1 fully saturated rings. The summed E-state index contributed by atoms with van der Waals surface area (Å²) in [6, 6.07) is 6.57. The minimum absolute atomic E-state index is 0.0441.